The van der Waals surface area contributed by atoms with Crippen molar-refractivity contribution in [3.63, 3.8) is 0 Å². The Morgan fingerprint density at radius 3 is 2.23 bits per heavy atom. The summed E-state index contributed by atoms with van der Waals surface area (Å²) >= 11 is 0. The van der Waals surface area contributed by atoms with Gasteiger partial charge in [0.05, 0.1) is 11.9 Å². The van der Waals surface area contributed by atoms with Gasteiger partial charge in [0.15, 0.2) is 0 Å². The molecule has 0 aromatic heterocycles. The van der Waals surface area contributed by atoms with E-state index in [2.05, 4.69) is 0 Å². The van der Waals surface area contributed by atoms with Crippen molar-refractivity contribution in [3.05, 3.63) is 0 Å². The second-order valence-corrected chi connectivity index (χ2v) is 4.66. The highest BCUT2D eigenvalue weighted by molar-refractivity contribution is 7.90. The van der Waals surface area contributed by atoms with Crippen LogP contribution in [0.1, 0.15) is 6.92 Å². The summed E-state index contributed by atoms with van der Waals surface area (Å²) in [6, 6.07) is 0. The molecule has 0 saturated heterocycles. The molecule has 8 heteroatoms. The van der Waals surface area contributed by atoms with Crippen molar-refractivity contribution in [2.24, 2.45) is 0 Å². The number of halogens is 3. The highest BCUT2D eigenvalue weighted by Crippen LogP contribution is 2.13. The molecule has 1 atom stereocenters. The van der Waals surface area contributed by atoms with Crippen LogP contribution < -0.4 is 4.72 Å². The average Bonchev–Trinajstić information content (AvgIpc) is 1.98. The van der Waals surface area contributed by atoms with E-state index in [1.807, 2.05) is 0 Å². The second kappa shape index (κ2) is 4.25. The summed E-state index contributed by atoms with van der Waals surface area (Å²) in [4.78, 5) is 0. The summed E-state index contributed by atoms with van der Waals surface area (Å²) in [5.74, 6) is 0. The highest BCUT2D eigenvalue weighted by atomic mass is 32.2. The molecule has 4 nitrogen and oxygen atoms in total. The monoisotopic (exact) mass is 221 g/mol. The standard InChI is InChI=1S/C5H10F3NO3S/c1-4(2-10)13(11,12)9-3-5(6,7)8/h4,9-10H,2-3H2,1H3. The first-order chi connectivity index (χ1) is 5.69. The van der Waals surface area contributed by atoms with Gasteiger partial charge in [0.25, 0.3) is 0 Å². The van der Waals surface area contributed by atoms with Crippen molar-refractivity contribution in [1.29, 1.82) is 0 Å². The number of nitrogens with one attached hydrogen (secondary N) is 1. The molecule has 80 valence electrons. The highest BCUT2D eigenvalue weighted by Gasteiger charge is 2.31. The zero-order chi connectivity index (χ0) is 10.7. The molecule has 0 heterocycles. The maximum Gasteiger partial charge on any atom is 0.402 e. The van der Waals surface area contributed by atoms with Gasteiger partial charge in [-0.05, 0) is 6.92 Å². The molecule has 0 aromatic carbocycles. The van der Waals surface area contributed by atoms with Gasteiger partial charge in [-0.2, -0.15) is 13.2 Å². The fraction of sp³-hybridized carbons (Fsp3) is 1.00. The lowest BCUT2D eigenvalue weighted by Crippen LogP contribution is -2.40. The molecule has 1 unspecified atom stereocenters. The van der Waals surface area contributed by atoms with Gasteiger partial charge < -0.3 is 5.11 Å². The van der Waals surface area contributed by atoms with E-state index in [1.165, 1.54) is 4.72 Å². The number of aliphatic hydroxyl groups is 1. The van der Waals surface area contributed by atoms with Crippen LogP contribution in [-0.4, -0.2) is 38.1 Å². The zero-order valence-corrected chi connectivity index (χ0v) is 7.61. The number of sulfonamides is 1. The number of alkyl halides is 3. The Morgan fingerprint density at radius 2 is 1.92 bits per heavy atom. The van der Waals surface area contributed by atoms with Crippen molar-refractivity contribution in [2.75, 3.05) is 13.2 Å². The molecular weight excluding hydrogens is 211 g/mol. The Hall–Kier alpha value is -0.340. The third-order valence-electron chi connectivity index (χ3n) is 1.26. The van der Waals surface area contributed by atoms with Crippen LogP contribution in [0, 0.1) is 0 Å². The van der Waals surface area contributed by atoms with Gasteiger partial charge in [-0.1, -0.05) is 0 Å². The van der Waals surface area contributed by atoms with E-state index in [1.54, 1.807) is 0 Å². The average molecular weight is 221 g/mol. The van der Waals surface area contributed by atoms with Crippen molar-refractivity contribution < 1.29 is 26.7 Å². The lowest BCUT2D eigenvalue weighted by molar-refractivity contribution is -0.121. The Kier molecular flexibility index (Phi) is 4.14. The lowest BCUT2D eigenvalue weighted by atomic mass is 10.5. The molecule has 0 rings (SSSR count). The van der Waals surface area contributed by atoms with E-state index in [0.29, 0.717) is 0 Å². The summed E-state index contributed by atoms with van der Waals surface area (Å²) < 4.78 is 57.7. The number of aliphatic hydroxyl groups excluding tert-OH is 1. The van der Waals surface area contributed by atoms with Gasteiger partial charge in [0.2, 0.25) is 10.0 Å². The van der Waals surface area contributed by atoms with E-state index < -0.39 is 34.6 Å². The Balaban J connectivity index is 4.21. The van der Waals surface area contributed by atoms with Crippen LogP contribution in [-0.2, 0) is 10.0 Å². The zero-order valence-electron chi connectivity index (χ0n) is 6.80. The molecule has 0 aliphatic carbocycles. The Morgan fingerprint density at radius 1 is 1.46 bits per heavy atom. The van der Waals surface area contributed by atoms with E-state index in [4.69, 9.17) is 5.11 Å². The van der Waals surface area contributed by atoms with Crippen LogP contribution in [0.5, 0.6) is 0 Å². The second-order valence-electron chi connectivity index (χ2n) is 2.47. The van der Waals surface area contributed by atoms with E-state index in [0.717, 1.165) is 6.92 Å². The first-order valence-electron chi connectivity index (χ1n) is 3.35. The molecule has 0 spiro atoms. The first-order valence-corrected chi connectivity index (χ1v) is 4.90. The fourth-order valence-electron chi connectivity index (χ4n) is 0.423. The summed E-state index contributed by atoms with van der Waals surface area (Å²) in [6.07, 6.45) is -4.58. The molecule has 0 aliphatic heterocycles. The summed E-state index contributed by atoms with van der Waals surface area (Å²) in [5, 5.41) is 7.16. The minimum absolute atomic E-state index is 0.715. The van der Waals surface area contributed by atoms with Crippen LogP contribution >= 0.6 is 0 Å². The number of hydrogen-bond acceptors (Lipinski definition) is 3. The van der Waals surface area contributed by atoms with Crippen LogP contribution in [0.25, 0.3) is 0 Å². The summed E-state index contributed by atoms with van der Waals surface area (Å²) in [7, 11) is -4.06. The number of hydrogen-bond donors (Lipinski definition) is 2. The van der Waals surface area contributed by atoms with Gasteiger partial charge in [-0.25, -0.2) is 13.1 Å². The van der Waals surface area contributed by atoms with Crippen molar-refractivity contribution in [3.8, 4) is 0 Å². The Bertz CT molecular complexity index is 248. The fourth-order valence-corrected chi connectivity index (χ4v) is 1.27. The van der Waals surface area contributed by atoms with Crippen molar-refractivity contribution >= 4 is 10.0 Å². The van der Waals surface area contributed by atoms with Gasteiger partial charge in [-0.3, -0.25) is 0 Å². The maximum atomic E-state index is 11.6. The predicted molar refractivity (Wildman–Crippen MR) is 39.5 cm³/mol. The first kappa shape index (κ1) is 12.7. The van der Waals surface area contributed by atoms with E-state index in [-0.39, 0.29) is 0 Å². The number of rotatable bonds is 4. The van der Waals surface area contributed by atoms with Gasteiger partial charge in [0, 0.05) is 0 Å². The quantitative estimate of drug-likeness (QED) is 0.693. The molecule has 0 aromatic rings. The van der Waals surface area contributed by atoms with Gasteiger partial charge >= 0.3 is 6.18 Å². The largest absolute Gasteiger partial charge is 0.402 e. The molecular formula is C5H10F3NO3S. The molecule has 0 radical (unpaired) electrons. The van der Waals surface area contributed by atoms with Crippen LogP contribution in [0.2, 0.25) is 0 Å². The molecule has 0 aliphatic rings. The molecule has 13 heavy (non-hydrogen) atoms. The molecule has 0 fully saturated rings. The van der Waals surface area contributed by atoms with Gasteiger partial charge in [-0.15, -0.1) is 0 Å². The van der Waals surface area contributed by atoms with E-state index >= 15 is 0 Å². The third kappa shape index (κ3) is 5.06. The van der Waals surface area contributed by atoms with Crippen molar-refractivity contribution in [2.45, 2.75) is 18.3 Å². The van der Waals surface area contributed by atoms with Crippen molar-refractivity contribution in [1.82, 2.24) is 4.72 Å². The maximum absolute atomic E-state index is 11.6. The summed E-state index contributed by atoms with van der Waals surface area (Å²) in [6.45, 7) is -1.22. The third-order valence-corrected chi connectivity index (χ3v) is 3.02. The lowest BCUT2D eigenvalue weighted by Gasteiger charge is -2.12. The molecule has 0 saturated carbocycles. The van der Waals surface area contributed by atoms with Crippen LogP contribution in [0.3, 0.4) is 0 Å². The van der Waals surface area contributed by atoms with Gasteiger partial charge in [0.1, 0.15) is 6.54 Å². The topological polar surface area (TPSA) is 66.4 Å². The smallest absolute Gasteiger partial charge is 0.395 e. The normalized spacial score (nSPS) is 15.8. The van der Waals surface area contributed by atoms with Crippen LogP contribution in [0.15, 0.2) is 0 Å². The molecule has 0 amide bonds. The van der Waals surface area contributed by atoms with E-state index in [9.17, 15) is 21.6 Å². The predicted octanol–water partition coefficient (Wildman–Crippen LogP) is -0.151. The molecule has 0 bridgehead atoms. The summed E-state index contributed by atoms with van der Waals surface area (Å²) in [5.41, 5.74) is 0. The van der Waals surface area contributed by atoms with Crippen LogP contribution in [0.4, 0.5) is 13.2 Å². The minimum atomic E-state index is -4.58. The SMILES string of the molecule is CC(CO)S(=O)(=O)NCC(F)(F)F. The Labute approximate surface area is 73.8 Å². The molecule has 2 N–H and O–H groups in total. The minimum Gasteiger partial charge on any atom is -0.395 e.